The summed E-state index contributed by atoms with van der Waals surface area (Å²) in [6.07, 6.45) is 4.07. The van der Waals surface area contributed by atoms with Gasteiger partial charge in [0.25, 0.3) is 0 Å². The molecule has 84 valence electrons. The van der Waals surface area contributed by atoms with Crippen molar-refractivity contribution in [1.82, 2.24) is 5.32 Å². The first-order valence-electron chi connectivity index (χ1n) is 6.01. The van der Waals surface area contributed by atoms with E-state index in [9.17, 15) is 0 Å². The van der Waals surface area contributed by atoms with Gasteiger partial charge in [0.1, 0.15) is 0 Å². The number of aliphatic hydroxyl groups is 1. The van der Waals surface area contributed by atoms with Crippen molar-refractivity contribution in [1.29, 1.82) is 0 Å². The van der Waals surface area contributed by atoms with Crippen LogP contribution in [0.3, 0.4) is 0 Å². The minimum Gasteiger partial charge on any atom is -0.395 e. The summed E-state index contributed by atoms with van der Waals surface area (Å²) in [5.74, 6) is 2.32. The lowest BCUT2D eigenvalue weighted by Gasteiger charge is -2.39. The van der Waals surface area contributed by atoms with Crippen LogP contribution in [-0.2, 0) is 0 Å². The number of nitrogens with one attached hydrogen (secondary N) is 1. The fourth-order valence-electron chi connectivity index (χ4n) is 2.79. The van der Waals surface area contributed by atoms with Gasteiger partial charge in [-0.1, -0.05) is 27.2 Å². The molecule has 0 radical (unpaired) electrons. The minimum absolute atomic E-state index is 0.258. The Bertz CT molecular complexity index is 158. The lowest BCUT2D eigenvalue weighted by Crippen LogP contribution is -2.46. The molecular weight excluding hydrogens is 174 g/mol. The Morgan fingerprint density at radius 2 is 2.07 bits per heavy atom. The van der Waals surface area contributed by atoms with Gasteiger partial charge in [-0.2, -0.15) is 0 Å². The lowest BCUT2D eigenvalue weighted by molar-refractivity contribution is 0.145. The second kappa shape index (κ2) is 5.72. The third-order valence-electron chi connectivity index (χ3n) is 3.62. The van der Waals surface area contributed by atoms with Crippen molar-refractivity contribution in [3.63, 3.8) is 0 Å². The fraction of sp³-hybridized carbons (Fsp3) is 1.00. The van der Waals surface area contributed by atoms with Gasteiger partial charge in [-0.3, -0.25) is 0 Å². The molecule has 0 aromatic rings. The molecule has 0 heterocycles. The molecule has 3 atom stereocenters. The topological polar surface area (TPSA) is 32.3 Å². The molecule has 0 spiro atoms. The van der Waals surface area contributed by atoms with E-state index in [0.717, 1.165) is 24.3 Å². The fourth-order valence-corrected chi connectivity index (χ4v) is 2.79. The number of rotatable bonds is 4. The maximum atomic E-state index is 8.85. The first kappa shape index (κ1) is 12.0. The van der Waals surface area contributed by atoms with Gasteiger partial charge in [0, 0.05) is 12.6 Å². The molecule has 1 saturated carbocycles. The molecule has 0 amide bonds. The van der Waals surface area contributed by atoms with Crippen LogP contribution >= 0.6 is 0 Å². The Balaban J connectivity index is 2.52. The van der Waals surface area contributed by atoms with Gasteiger partial charge in [-0.15, -0.1) is 0 Å². The van der Waals surface area contributed by atoms with Crippen LogP contribution in [0, 0.1) is 17.8 Å². The van der Waals surface area contributed by atoms with E-state index in [-0.39, 0.29) is 6.61 Å². The minimum atomic E-state index is 0.258. The first-order valence-corrected chi connectivity index (χ1v) is 6.01. The number of hydrogen-bond acceptors (Lipinski definition) is 2. The molecule has 1 aliphatic carbocycles. The molecule has 0 aliphatic heterocycles. The van der Waals surface area contributed by atoms with E-state index in [1.165, 1.54) is 19.3 Å². The summed E-state index contributed by atoms with van der Waals surface area (Å²) in [6, 6.07) is 0.621. The van der Waals surface area contributed by atoms with Crippen molar-refractivity contribution in [2.75, 3.05) is 13.2 Å². The van der Waals surface area contributed by atoms with Gasteiger partial charge < -0.3 is 10.4 Å². The Labute approximate surface area is 88.1 Å². The third kappa shape index (κ3) is 2.96. The van der Waals surface area contributed by atoms with Gasteiger partial charge in [0.05, 0.1) is 6.61 Å². The molecular formula is C12H25NO. The van der Waals surface area contributed by atoms with Crippen LogP contribution in [0.1, 0.15) is 40.0 Å². The Morgan fingerprint density at radius 3 is 2.64 bits per heavy atom. The van der Waals surface area contributed by atoms with Crippen LogP contribution < -0.4 is 5.32 Å². The van der Waals surface area contributed by atoms with Crippen LogP contribution in [-0.4, -0.2) is 24.3 Å². The summed E-state index contributed by atoms with van der Waals surface area (Å²) in [5, 5.41) is 12.3. The normalized spacial score (nSPS) is 33.6. The highest BCUT2D eigenvalue weighted by atomic mass is 16.3. The largest absolute Gasteiger partial charge is 0.395 e. The average Bonchev–Trinajstić information content (AvgIpc) is 2.15. The summed E-state index contributed by atoms with van der Waals surface area (Å²) >= 11 is 0. The van der Waals surface area contributed by atoms with Crippen molar-refractivity contribution >= 4 is 0 Å². The van der Waals surface area contributed by atoms with Crippen LogP contribution in [0.2, 0.25) is 0 Å². The van der Waals surface area contributed by atoms with Crippen molar-refractivity contribution in [3.8, 4) is 0 Å². The summed E-state index contributed by atoms with van der Waals surface area (Å²) in [6.45, 7) is 7.97. The number of aliphatic hydroxyl groups excluding tert-OH is 1. The second-order valence-corrected chi connectivity index (χ2v) is 5.02. The maximum absolute atomic E-state index is 8.85. The van der Waals surface area contributed by atoms with Gasteiger partial charge >= 0.3 is 0 Å². The van der Waals surface area contributed by atoms with Crippen LogP contribution in [0.5, 0.6) is 0 Å². The van der Waals surface area contributed by atoms with Gasteiger partial charge in [-0.25, -0.2) is 0 Å². The molecule has 14 heavy (non-hydrogen) atoms. The predicted molar refractivity (Wildman–Crippen MR) is 60.2 cm³/mol. The van der Waals surface area contributed by atoms with E-state index in [1.54, 1.807) is 0 Å². The molecule has 1 fully saturated rings. The molecule has 2 N–H and O–H groups in total. The van der Waals surface area contributed by atoms with Gasteiger partial charge in [0.15, 0.2) is 0 Å². The Kier molecular flexibility index (Phi) is 4.90. The molecule has 0 aromatic heterocycles. The van der Waals surface area contributed by atoms with Crippen LogP contribution in [0.4, 0.5) is 0 Å². The molecule has 0 aromatic carbocycles. The van der Waals surface area contributed by atoms with Crippen LogP contribution in [0.25, 0.3) is 0 Å². The highest BCUT2D eigenvalue weighted by Gasteiger charge is 2.31. The van der Waals surface area contributed by atoms with E-state index < -0.39 is 0 Å². The van der Waals surface area contributed by atoms with E-state index >= 15 is 0 Å². The smallest absolute Gasteiger partial charge is 0.0556 e. The number of hydrogen-bond donors (Lipinski definition) is 2. The van der Waals surface area contributed by atoms with Crippen molar-refractivity contribution in [2.45, 2.75) is 46.1 Å². The average molecular weight is 199 g/mol. The highest BCUT2D eigenvalue weighted by Crippen LogP contribution is 2.33. The summed E-state index contributed by atoms with van der Waals surface area (Å²) < 4.78 is 0. The molecule has 0 saturated heterocycles. The molecule has 1 aliphatic rings. The first-order chi connectivity index (χ1) is 6.66. The molecule has 2 heteroatoms. The van der Waals surface area contributed by atoms with Crippen LogP contribution in [0.15, 0.2) is 0 Å². The molecule has 0 bridgehead atoms. The van der Waals surface area contributed by atoms with E-state index in [0.29, 0.717) is 6.04 Å². The zero-order valence-corrected chi connectivity index (χ0v) is 9.79. The zero-order valence-electron chi connectivity index (χ0n) is 9.79. The van der Waals surface area contributed by atoms with Gasteiger partial charge in [-0.05, 0) is 30.6 Å². The molecule has 3 unspecified atom stereocenters. The third-order valence-corrected chi connectivity index (χ3v) is 3.62. The lowest BCUT2D eigenvalue weighted by atomic mass is 9.73. The predicted octanol–water partition coefficient (Wildman–Crippen LogP) is 2.03. The Hall–Kier alpha value is -0.0800. The SMILES string of the molecule is CC(C)C1CCCC(C)C1NCCO. The van der Waals surface area contributed by atoms with E-state index in [4.69, 9.17) is 5.11 Å². The zero-order chi connectivity index (χ0) is 10.6. The summed E-state index contributed by atoms with van der Waals surface area (Å²) in [4.78, 5) is 0. The Morgan fingerprint density at radius 1 is 1.36 bits per heavy atom. The van der Waals surface area contributed by atoms with Crippen molar-refractivity contribution in [2.24, 2.45) is 17.8 Å². The maximum Gasteiger partial charge on any atom is 0.0556 e. The second-order valence-electron chi connectivity index (χ2n) is 5.02. The van der Waals surface area contributed by atoms with E-state index in [2.05, 4.69) is 26.1 Å². The quantitative estimate of drug-likeness (QED) is 0.726. The summed E-state index contributed by atoms with van der Waals surface area (Å²) in [7, 11) is 0. The van der Waals surface area contributed by atoms with E-state index in [1.807, 2.05) is 0 Å². The standard InChI is InChI=1S/C12H25NO/c1-9(2)11-6-4-5-10(3)12(11)13-7-8-14/h9-14H,4-8H2,1-3H3. The monoisotopic (exact) mass is 199 g/mol. The summed E-state index contributed by atoms with van der Waals surface area (Å²) in [5.41, 5.74) is 0. The molecule has 1 rings (SSSR count). The highest BCUT2D eigenvalue weighted by molar-refractivity contribution is 4.86. The van der Waals surface area contributed by atoms with Gasteiger partial charge in [0.2, 0.25) is 0 Å². The molecule has 2 nitrogen and oxygen atoms in total. The van der Waals surface area contributed by atoms with Crippen molar-refractivity contribution in [3.05, 3.63) is 0 Å². The van der Waals surface area contributed by atoms with Crippen molar-refractivity contribution < 1.29 is 5.11 Å².